The number of rotatable bonds is 6. The normalized spacial score (nSPS) is 14.2. The van der Waals surface area contributed by atoms with Crippen LogP contribution < -0.4 is 15.8 Å². The summed E-state index contributed by atoms with van der Waals surface area (Å²) in [6.45, 7) is 3.55. The Morgan fingerprint density at radius 1 is 1.07 bits per heavy atom. The molecule has 1 amide bonds. The van der Waals surface area contributed by atoms with E-state index in [1.807, 2.05) is 13.0 Å². The summed E-state index contributed by atoms with van der Waals surface area (Å²) in [6.07, 6.45) is 1.09. The fraction of sp³-hybridized carbons (Fsp3) is 0.158. The second-order valence-electron chi connectivity index (χ2n) is 6.71. The van der Waals surface area contributed by atoms with Crippen LogP contribution in [0.5, 0.6) is 0 Å². The molecule has 0 saturated carbocycles. The first-order valence-electron chi connectivity index (χ1n) is 8.82. The zero-order valence-electron chi connectivity index (χ0n) is 16.0. The molecule has 0 saturated heterocycles. The van der Waals surface area contributed by atoms with Crippen molar-refractivity contribution in [3.63, 3.8) is 0 Å². The predicted octanol–water partition coefficient (Wildman–Crippen LogP) is -0.329. The van der Waals surface area contributed by atoms with Crippen molar-refractivity contribution < 1.29 is 30.5 Å². The van der Waals surface area contributed by atoms with Gasteiger partial charge in [-0.1, -0.05) is 12.1 Å². The maximum Gasteiger partial charge on any atom is 0.298 e. The number of benzene rings is 2. The largest absolute Gasteiger partial charge is 0.599 e. The monoisotopic (exact) mass is 413 g/mol. The van der Waals surface area contributed by atoms with Crippen LogP contribution in [0.3, 0.4) is 0 Å². The average Bonchev–Trinajstić information content (AvgIpc) is 2.69. The van der Waals surface area contributed by atoms with Gasteiger partial charge in [-0.25, -0.2) is 20.6 Å². The van der Waals surface area contributed by atoms with Crippen LogP contribution in [-0.2, 0) is 9.59 Å². The summed E-state index contributed by atoms with van der Waals surface area (Å²) in [4.78, 5) is 33.2. The van der Waals surface area contributed by atoms with Crippen LogP contribution in [0.4, 0.5) is 11.4 Å². The van der Waals surface area contributed by atoms with Crippen LogP contribution in [0.15, 0.2) is 42.6 Å². The number of hydrogen-bond acceptors (Lipinski definition) is 8. The van der Waals surface area contributed by atoms with Gasteiger partial charge in [0.2, 0.25) is 6.04 Å². The third kappa shape index (κ3) is 4.46. The van der Waals surface area contributed by atoms with Gasteiger partial charge in [0.05, 0.1) is 17.2 Å². The van der Waals surface area contributed by atoms with Crippen molar-refractivity contribution in [1.82, 2.24) is 9.97 Å². The highest BCUT2D eigenvalue weighted by molar-refractivity contribution is 6.42. The van der Waals surface area contributed by atoms with Crippen molar-refractivity contribution in [2.24, 2.45) is 0 Å². The molecule has 2 aromatic carbocycles. The molecule has 1 aromatic heterocycles. The van der Waals surface area contributed by atoms with Crippen LogP contribution >= 0.6 is 0 Å². The molecular formula is C19H19N5O6. The lowest BCUT2D eigenvalue weighted by Crippen LogP contribution is -3.06. The topological polar surface area (TPSA) is 167 Å². The number of anilines is 1. The SMILES string of the molecule is Cc1ccc(C)c(NC(=O)C(=O)C(c2cnc3ccc([NH+]([O-])O)cc3n2)[NH+]([O-])O)c1. The molecule has 5 N–H and O–H groups in total. The minimum Gasteiger partial charge on any atom is -0.599 e. The number of nitrogens with one attached hydrogen (secondary N) is 3. The molecule has 0 radical (unpaired) electrons. The Balaban J connectivity index is 1.93. The molecule has 3 unspecified atom stereocenters. The van der Waals surface area contributed by atoms with Gasteiger partial charge in [0.15, 0.2) is 5.69 Å². The zero-order valence-corrected chi connectivity index (χ0v) is 16.0. The van der Waals surface area contributed by atoms with Crippen molar-refractivity contribution in [3.05, 3.63) is 69.8 Å². The Labute approximate surface area is 170 Å². The molecule has 1 heterocycles. The molecule has 3 atom stereocenters. The Kier molecular flexibility index (Phi) is 6.12. The van der Waals surface area contributed by atoms with Crippen molar-refractivity contribution in [2.45, 2.75) is 19.9 Å². The van der Waals surface area contributed by atoms with Crippen LogP contribution in [0.1, 0.15) is 22.9 Å². The number of hydroxylamine groups is 2. The lowest BCUT2D eigenvalue weighted by Gasteiger charge is -2.22. The third-order valence-corrected chi connectivity index (χ3v) is 4.48. The number of carbonyl (C=O) groups is 2. The third-order valence-electron chi connectivity index (χ3n) is 4.48. The van der Waals surface area contributed by atoms with Gasteiger partial charge in [-0.2, -0.15) is 5.23 Å². The summed E-state index contributed by atoms with van der Waals surface area (Å²) in [7, 11) is 0. The highest BCUT2D eigenvalue weighted by atomic mass is 16.8. The molecule has 11 nitrogen and oxygen atoms in total. The molecule has 11 heteroatoms. The maximum atomic E-state index is 12.6. The lowest BCUT2D eigenvalue weighted by atomic mass is 10.1. The minimum atomic E-state index is -1.89. The van der Waals surface area contributed by atoms with Crippen molar-refractivity contribution in [1.29, 1.82) is 0 Å². The van der Waals surface area contributed by atoms with Gasteiger partial charge in [0.25, 0.3) is 11.7 Å². The van der Waals surface area contributed by atoms with Gasteiger partial charge in [0.1, 0.15) is 5.69 Å². The summed E-state index contributed by atoms with van der Waals surface area (Å²) >= 11 is 0. The van der Waals surface area contributed by atoms with E-state index in [0.717, 1.165) is 11.8 Å². The quantitative estimate of drug-likeness (QED) is 0.270. The van der Waals surface area contributed by atoms with Gasteiger partial charge in [-0.3, -0.25) is 14.6 Å². The summed E-state index contributed by atoms with van der Waals surface area (Å²) in [5, 5.41) is 41.3. The second kappa shape index (κ2) is 8.59. The molecule has 156 valence electrons. The van der Waals surface area contributed by atoms with E-state index in [1.54, 1.807) is 19.1 Å². The summed E-state index contributed by atoms with van der Waals surface area (Å²) < 4.78 is 0. The number of Topliss-reactive ketones (excluding diaryl/α,β-unsaturated/α-hetero) is 1. The number of fused-ring (bicyclic) bond motifs is 1. The number of hydrogen-bond donors (Lipinski definition) is 5. The first-order chi connectivity index (χ1) is 14.2. The van der Waals surface area contributed by atoms with Crippen molar-refractivity contribution in [3.8, 4) is 0 Å². The van der Waals surface area contributed by atoms with E-state index in [2.05, 4.69) is 15.3 Å². The number of quaternary nitrogens is 2. The average molecular weight is 413 g/mol. The Morgan fingerprint density at radius 2 is 1.80 bits per heavy atom. The van der Waals surface area contributed by atoms with Crippen molar-refractivity contribution in [2.75, 3.05) is 5.32 Å². The summed E-state index contributed by atoms with van der Waals surface area (Å²) in [5.74, 6) is -2.32. The van der Waals surface area contributed by atoms with E-state index in [9.17, 15) is 25.2 Å². The van der Waals surface area contributed by atoms with Crippen LogP contribution in [0.25, 0.3) is 11.0 Å². The fourth-order valence-electron chi connectivity index (χ4n) is 2.86. The maximum absolute atomic E-state index is 12.6. The van der Waals surface area contributed by atoms with Gasteiger partial charge in [-0.15, -0.1) is 0 Å². The van der Waals surface area contributed by atoms with Crippen molar-refractivity contribution >= 4 is 34.1 Å². The predicted molar refractivity (Wildman–Crippen MR) is 104 cm³/mol. The molecular weight excluding hydrogens is 394 g/mol. The molecule has 0 fully saturated rings. The number of ketones is 1. The molecule has 0 aliphatic carbocycles. The molecule has 0 aliphatic rings. The van der Waals surface area contributed by atoms with Crippen LogP contribution in [0, 0.1) is 24.3 Å². The molecule has 0 bridgehead atoms. The summed E-state index contributed by atoms with van der Waals surface area (Å²) in [5.41, 5.74) is 2.04. The number of aryl methyl sites for hydroxylation is 2. The number of aromatic nitrogens is 2. The number of carbonyl (C=O) groups excluding carboxylic acids is 2. The standard InChI is InChI=1S/C19H19N5O6/c1-10-3-4-11(2)14(7-10)22-19(26)18(25)17(24(29)30)16-9-20-13-6-5-12(23(27)28)8-15(13)21-16/h3-9,17,23-24,27,29H,1-2H3,(H,22,26). The number of nitrogens with zero attached hydrogens (tertiary/aromatic N) is 2. The highest BCUT2D eigenvalue weighted by Gasteiger charge is 2.35. The lowest BCUT2D eigenvalue weighted by molar-refractivity contribution is -1.06. The number of amides is 1. The first kappa shape index (κ1) is 21.4. The molecule has 0 aliphatic heterocycles. The Bertz CT molecular complexity index is 1120. The van der Waals surface area contributed by atoms with E-state index in [4.69, 9.17) is 5.21 Å². The zero-order chi connectivity index (χ0) is 22.0. The van der Waals surface area contributed by atoms with Crippen LogP contribution in [0.2, 0.25) is 0 Å². The first-order valence-corrected chi connectivity index (χ1v) is 8.82. The van der Waals surface area contributed by atoms with Gasteiger partial charge >= 0.3 is 0 Å². The van der Waals surface area contributed by atoms with Crippen LogP contribution in [-0.4, -0.2) is 32.1 Å². The Morgan fingerprint density at radius 3 is 2.47 bits per heavy atom. The molecule has 3 aromatic rings. The Hall–Kier alpha value is -3.32. The van der Waals surface area contributed by atoms with Gasteiger partial charge in [-0.05, 0) is 37.1 Å². The highest BCUT2D eigenvalue weighted by Crippen LogP contribution is 2.19. The summed E-state index contributed by atoms with van der Waals surface area (Å²) in [6, 6.07) is 7.34. The minimum absolute atomic E-state index is 0.0696. The van der Waals surface area contributed by atoms with E-state index < -0.39 is 28.2 Å². The van der Waals surface area contributed by atoms with E-state index in [0.29, 0.717) is 16.8 Å². The van der Waals surface area contributed by atoms with Gasteiger partial charge in [0, 0.05) is 17.8 Å². The van der Waals surface area contributed by atoms with E-state index in [1.165, 1.54) is 18.2 Å². The molecule has 30 heavy (non-hydrogen) atoms. The van der Waals surface area contributed by atoms with E-state index in [-0.39, 0.29) is 16.9 Å². The van der Waals surface area contributed by atoms with E-state index >= 15 is 0 Å². The molecule has 0 spiro atoms. The second-order valence-corrected chi connectivity index (χ2v) is 6.71. The van der Waals surface area contributed by atoms with Gasteiger partial charge < -0.3 is 15.7 Å². The molecule has 3 rings (SSSR count). The smallest absolute Gasteiger partial charge is 0.298 e. The fourth-order valence-corrected chi connectivity index (χ4v) is 2.86.